The summed E-state index contributed by atoms with van der Waals surface area (Å²) in [6.07, 6.45) is 3.52. The molecule has 1 aliphatic carbocycles. The lowest BCUT2D eigenvalue weighted by Crippen LogP contribution is -2.44. The van der Waals surface area contributed by atoms with Crippen LogP contribution in [0, 0.1) is 74.0 Å². The third-order valence-electron chi connectivity index (χ3n) is 19.4. The number of hydrogen-bond acceptors (Lipinski definition) is 12. The molecule has 0 saturated carbocycles. The standard InChI is InChI=1S/C78H96O12/c1-49-13-55-25-57-15-50(2)17-59(68(57)86-44-74(8)33-80-34-74)27-61-19-52(4)21-63(70(61)88-46-76(10)37-82-38-76)29-65-23-54(6)24-66(72(65)90-48-78(12)41-84-42-78)30-64-22-53(5)20-62(71(64)89-47-77(11)39-83-40-77)28-60-18-51(3)16-58(69(60)87-45-75(9)35-81-36-75)26-56(14-49)67(55)85-43-73(7)31-79-32-73/h13-24H,25-48H2,1-12H3. The number of ether oxygens (including phenoxy) is 12. The van der Waals surface area contributed by atoms with Crippen molar-refractivity contribution < 1.29 is 56.8 Å². The van der Waals surface area contributed by atoms with Crippen LogP contribution in [0.3, 0.4) is 0 Å². The summed E-state index contributed by atoms with van der Waals surface area (Å²) in [6, 6.07) is 28.0. The van der Waals surface area contributed by atoms with Crippen molar-refractivity contribution >= 4 is 0 Å². The van der Waals surface area contributed by atoms with Gasteiger partial charge in [0.2, 0.25) is 0 Å². The van der Waals surface area contributed by atoms with Crippen LogP contribution in [0.15, 0.2) is 72.8 Å². The van der Waals surface area contributed by atoms with Crippen LogP contribution in [-0.4, -0.2) is 119 Å². The molecule has 6 aliphatic heterocycles. The van der Waals surface area contributed by atoms with Crippen molar-refractivity contribution in [3.05, 3.63) is 173 Å². The SMILES string of the molecule is Cc1cc2c(OCC3(C)COC3)c(c1)Cc1cc(C)cc(c1OCC1(C)COC1)Cc1cc(C)cc(c1OCC1(C)COC1)Cc1cc(C)cc(c1OCC1(C)COC1)Cc1cc(C)cc(c1OCC1(C)COC1)Cc1cc(C)cc(c1OCC1(C)COC1)C2. The Hall–Kier alpha value is -6.12. The summed E-state index contributed by atoms with van der Waals surface area (Å²) in [5.74, 6) is 5.43. The molecule has 12 bridgehead atoms. The highest BCUT2D eigenvalue weighted by Crippen LogP contribution is 2.46. The lowest BCUT2D eigenvalue weighted by Gasteiger charge is -2.38. The van der Waals surface area contributed by atoms with Crippen LogP contribution in [0.4, 0.5) is 0 Å². The molecule has 7 aliphatic rings. The fraction of sp³-hybridized carbons (Fsp3) is 0.538. The second kappa shape index (κ2) is 24.7. The van der Waals surface area contributed by atoms with Crippen LogP contribution in [0.25, 0.3) is 0 Å². The van der Waals surface area contributed by atoms with Gasteiger partial charge >= 0.3 is 0 Å². The van der Waals surface area contributed by atoms with Crippen LogP contribution in [0.1, 0.15) is 142 Å². The van der Waals surface area contributed by atoms with Crippen molar-refractivity contribution in [1.29, 1.82) is 0 Å². The van der Waals surface area contributed by atoms with Crippen molar-refractivity contribution in [3.8, 4) is 34.5 Å². The Labute approximate surface area is 534 Å². The van der Waals surface area contributed by atoms with Crippen molar-refractivity contribution in [3.63, 3.8) is 0 Å². The molecule has 6 fully saturated rings. The Morgan fingerprint density at radius 1 is 0.222 bits per heavy atom. The molecule has 6 aromatic carbocycles. The first-order chi connectivity index (χ1) is 43.0. The fourth-order valence-corrected chi connectivity index (χ4v) is 14.2. The maximum Gasteiger partial charge on any atom is 0.126 e. The van der Waals surface area contributed by atoms with Crippen molar-refractivity contribution in [2.45, 2.75) is 122 Å². The fourth-order valence-electron chi connectivity index (χ4n) is 14.2. The van der Waals surface area contributed by atoms with E-state index in [1.165, 1.54) is 0 Å². The quantitative estimate of drug-likeness (QED) is 0.0816. The molecule has 12 nitrogen and oxygen atoms in total. The Morgan fingerprint density at radius 2 is 0.333 bits per heavy atom. The zero-order valence-corrected chi connectivity index (χ0v) is 55.8. The minimum Gasteiger partial charge on any atom is -0.492 e. The van der Waals surface area contributed by atoms with Crippen LogP contribution in [0.2, 0.25) is 0 Å². The van der Waals surface area contributed by atoms with Crippen LogP contribution in [-0.2, 0) is 66.9 Å². The Morgan fingerprint density at radius 3 is 0.422 bits per heavy atom. The lowest BCUT2D eigenvalue weighted by atomic mass is 9.87. The zero-order valence-electron chi connectivity index (χ0n) is 55.8. The largest absolute Gasteiger partial charge is 0.492 e. The van der Waals surface area contributed by atoms with E-state index in [0.29, 0.717) is 157 Å². The third-order valence-corrected chi connectivity index (χ3v) is 19.4. The molecule has 6 saturated heterocycles. The van der Waals surface area contributed by atoms with E-state index in [4.69, 9.17) is 56.8 Å². The molecule has 0 N–H and O–H groups in total. The van der Waals surface area contributed by atoms with Crippen molar-refractivity contribution in [2.24, 2.45) is 32.5 Å². The van der Waals surface area contributed by atoms with Gasteiger partial charge in [-0.25, -0.2) is 0 Å². The highest BCUT2D eigenvalue weighted by atomic mass is 16.5. The molecule has 0 amide bonds. The minimum atomic E-state index is -0.111. The Kier molecular flexibility index (Phi) is 17.2. The second-order valence-electron chi connectivity index (χ2n) is 31.1. The van der Waals surface area contributed by atoms with Gasteiger partial charge in [0.25, 0.3) is 0 Å². The van der Waals surface area contributed by atoms with Gasteiger partial charge in [0, 0.05) is 71.0 Å². The molecule has 13 rings (SSSR count). The summed E-state index contributed by atoms with van der Waals surface area (Å²) < 4.78 is 79.0. The van der Waals surface area contributed by atoms with E-state index in [0.717, 1.165) is 135 Å². The Bertz CT molecular complexity index is 2910. The Balaban J connectivity index is 1.03. The molecule has 6 aromatic rings. The molecule has 0 spiro atoms. The van der Waals surface area contributed by atoms with Gasteiger partial charge in [-0.05, 0) is 108 Å². The van der Waals surface area contributed by atoms with Crippen molar-refractivity contribution in [1.82, 2.24) is 0 Å². The van der Waals surface area contributed by atoms with E-state index in [9.17, 15) is 0 Å². The maximum atomic E-state index is 7.32. The molecular weight excluding hydrogens is 1130 g/mol. The molecule has 6 heterocycles. The average molecular weight is 1230 g/mol. The van der Waals surface area contributed by atoms with Gasteiger partial charge < -0.3 is 56.8 Å². The molecule has 0 atom stereocenters. The summed E-state index contributed by atoms with van der Waals surface area (Å²) in [4.78, 5) is 0. The number of rotatable bonds is 18. The predicted molar refractivity (Wildman–Crippen MR) is 350 cm³/mol. The zero-order chi connectivity index (χ0) is 62.8. The van der Waals surface area contributed by atoms with Gasteiger partial charge in [0.1, 0.15) is 34.5 Å². The molecule has 0 aromatic heterocycles. The first-order valence-corrected chi connectivity index (χ1v) is 33.0. The monoisotopic (exact) mass is 1220 g/mol. The number of aryl methyl sites for hydroxylation is 6. The van der Waals surface area contributed by atoms with Gasteiger partial charge in [-0.15, -0.1) is 0 Å². The van der Waals surface area contributed by atoms with Gasteiger partial charge in [-0.3, -0.25) is 0 Å². The number of benzene rings is 6. The number of fused-ring (bicyclic) bond motifs is 12. The first-order valence-electron chi connectivity index (χ1n) is 33.0. The average Bonchev–Trinajstić information content (AvgIpc) is 0.846. The van der Waals surface area contributed by atoms with E-state index in [-0.39, 0.29) is 32.5 Å². The van der Waals surface area contributed by atoms with Crippen molar-refractivity contribution in [2.75, 3.05) is 119 Å². The summed E-state index contributed by atoms with van der Waals surface area (Å²) >= 11 is 0. The van der Waals surface area contributed by atoms with E-state index in [2.05, 4.69) is 156 Å². The summed E-state index contributed by atoms with van der Waals surface area (Å²) in [6.45, 7) is 37.9. The minimum absolute atomic E-state index is 0.111. The molecule has 0 unspecified atom stereocenters. The molecular formula is C78H96O12. The molecule has 90 heavy (non-hydrogen) atoms. The van der Waals surface area contributed by atoms with E-state index >= 15 is 0 Å². The summed E-state index contributed by atoms with van der Waals surface area (Å²) in [5.41, 5.74) is 19.7. The van der Waals surface area contributed by atoms with E-state index in [1.54, 1.807) is 0 Å². The first kappa shape index (κ1) is 62.7. The predicted octanol–water partition coefficient (Wildman–Crippen LogP) is 13.9. The van der Waals surface area contributed by atoms with E-state index < -0.39 is 0 Å². The summed E-state index contributed by atoms with van der Waals surface area (Å²) in [7, 11) is 0. The van der Waals surface area contributed by atoms with Crippen LogP contribution >= 0.6 is 0 Å². The third kappa shape index (κ3) is 13.7. The topological polar surface area (TPSA) is 111 Å². The highest BCUT2D eigenvalue weighted by Gasteiger charge is 2.41. The second-order valence-corrected chi connectivity index (χ2v) is 31.1. The maximum absolute atomic E-state index is 7.32. The smallest absolute Gasteiger partial charge is 0.126 e. The molecule has 480 valence electrons. The lowest BCUT2D eigenvalue weighted by molar-refractivity contribution is -0.120. The van der Waals surface area contributed by atoms with Crippen LogP contribution < -0.4 is 28.4 Å². The number of hydrogen-bond donors (Lipinski definition) is 0. The van der Waals surface area contributed by atoms with E-state index in [1.807, 2.05) is 0 Å². The van der Waals surface area contributed by atoms with Gasteiger partial charge in [0.05, 0.1) is 119 Å². The van der Waals surface area contributed by atoms with Crippen LogP contribution in [0.5, 0.6) is 34.5 Å². The highest BCUT2D eigenvalue weighted by molar-refractivity contribution is 5.60. The molecule has 0 radical (unpaired) electrons. The van der Waals surface area contributed by atoms with Gasteiger partial charge in [-0.2, -0.15) is 0 Å². The van der Waals surface area contributed by atoms with Gasteiger partial charge in [-0.1, -0.05) is 148 Å². The van der Waals surface area contributed by atoms with Gasteiger partial charge in [0.15, 0.2) is 0 Å². The molecule has 12 heteroatoms. The normalized spacial score (nSPS) is 20.4. The summed E-state index contributed by atoms with van der Waals surface area (Å²) in [5, 5.41) is 0.